The summed E-state index contributed by atoms with van der Waals surface area (Å²) in [5.41, 5.74) is 2.70. The van der Waals surface area contributed by atoms with E-state index in [2.05, 4.69) is 78.5 Å². The highest BCUT2D eigenvalue weighted by Gasteiger charge is 2.20. The second-order valence-corrected chi connectivity index (χ2v) is 13.1. The summed E-state index contributed by atoms with van der Waals surface area (Å²) in [7, 11) is 3.39. The van der Waals surface area contributed by atoms with Gasteiger partial charge >= 0.3 is 0 Å². The van der Waals surface area contributed by atoms with Crippen LogP contribution in [0.3, 0.4) is 0 Å². The Hall–Kier alpha value is -2.55. The van der Waals surface area contributed by atoms with E-state index in [4.69, 9.17) is 21.1 Å². The predicted octanol–water partition coefficient (Wildman–Crippen LogP) is 5.24. The molecule has 2 aliphatic rings. The van der Waals surface area contributed by atoms with Crippen LogP contribution in [0.2, 0.25) is 5.28 Å². The summed E-state index contributed by atoms with van der Waals surface area (Å²) < 4.78 is 19.3. The van der Waals surface area contributed by atoms with Crippen LogP contribution in [0.15, 0.2) is 53.3 Å². The smallest absolute Gasteiger partial charge is 0.236 e. The average molecular weight is 722 g/mol. The number of halogens is 2. The molecule has 0 unspecified atom stereocenters. The third-order valence-corrected chi connectivity index (χ3v) is 10.2. The fraction of sp³-hybridized carbons (Fsp3) is 0.467. The monoisotopic (exact) mass is 720 g/mol. The molecule has 0 N–H and O–H groups in total. The van der Waals surface area contributed by atoms with E-state index in [9.17, 15) is 0 Å². The van der Waals surface area contributed by atoms with E-state index >= 15 is 0 Å². The number of aromatic nitrogens is 4. The Morgan fingerprint density at radius 1 is 0.659 bits per heavy atom. The zero-order chi connectivity index (χ0) is 30.7. The first-order chi connectivity index (χ1) is 21.5. The highest BCUT2D eigenvalue weighted by Crippen LogP contribution is 2.22. The highest BCUT2D eigenvalue weighted by atomic mass is 79.9. The van der Waals surface area contributed by atoms with Gasteiger partial charge in [0.2, 0.25) is 20.3 Å². The van der Waals surface area contributed by atoms with Crippen LogP contribution in [0.4, 0.5) is 10.3 Å². The molecular formula is C30H38BrClN8O2S2. The summed E-state index contributed by atoms with van der Waals surface area (Å²) in [4.78, 5) is 18.2. The van der Waals surface area contributed by atoms with Crippen molar-refractivity contribution in [3.05, 3.63) is 69.7 Å². The van der Waals surface area contributed by atoms with Gasteiger partial charge in [-0.05, 0) is 75.8 Å². The van der Waals surface area contributed by atoms with Gasteiger partial charge in [0.05, 0.1) is 14.2 Å². The summed E-state index contributed by atoms with van der Waals surface area (Å²) in [6.45, 7) is 10.4. The van der Waals surface area contributed by atoms with Gasteiger partial charge in [-0.1, -0.05) is 24.3 Å². The van der Waals surface area contributed by atoms with Crippen molar-refractivity contribution in [2.75, 3.05) is 89.5 Å². The number of methoxy groups -OCH3 is 2. The van der Waals surface area contributed by atoms with Crippen LogP contribution < -0.4 is 19.3 Å². The SMILES string of the molecule is COc1ccc(CCN2CCN(c3nc(Br)ns3)CC2)cc1.COc1ccc(CCN2CCN(c3nc(Cl)ns3)CC2)cc1. The fourth-order valence-corrected chi connectivity index (χ4v) is 7.12. The maximum absolute atomic E-state index is 5.79. The Bertz CT molecular complexity index is 1300. The second kappa shape index (κ2) is 16.7. The molecule has 0 aliphatic carbocycles. The first-order valence-electron chi connectivity index (χ1n) is 14.7. The average Bonchev–Trinajstić information content (AvgIpc) is 3.72. The number of anilines is 2. The first kappa shape index (κ1) is 32.8. The van der Waals surface area contributed by atoms with Crippen molar-refractivity contribution in [2.45, 2.75) is 12.8 Å². The molecule has 0 radical (unpaired) electrons. The predicted molar refractivity (Wildman–Crippen MR) is 183 cm³/mol. The molecule has 0 saturated carbocycles. The van der Waals surface area contributed by atoms with Gasteiger partial charge in [-0.3, -0.25) is 9.80 Å². The first-order valence-corrected chi connectivity index (χ1v) is 17.4. The molecule has 4 aromatic rings. The number of ether oxygens (including phenoxy) is 2. The molecule has 6 rings (SSSR count). The quantitative estimate of drug-likeness (QED) is 0.217. The molecule has 0 spiro atoms. The van der Waals surface area contributed by atoms with Crippen molar-refractivity contribution in [3.63, 3.8) is 0 Å². The minimum atomic E-state index is 0.349. The third kappa shape index (κ3) is 9.72. The Morgan fingerprint density at radius 2 is 1.09 bits per heavy atom. The lowest BCUT2D eigenvalue weighted by molar-refractivity contribution is 0.261. The van der Waals surface area contributed by atoms with E-state index in [1.54, 1.807) is 14.2 Å². The van der Waals surface area contributed by atoms with Crippen LogP contribution in [-0.2, 0) is 12.8 Å². The van der Waals surface area contributed by atoms with Crippen molar-refractivity contribution >= 4 is 60.9 Å². The highest BCUT2D eigenvalue weighted by molar-refractivity contribution is 9.10. The summed E-state index contributed by atoms with van der Waals surface area (Å²) in [5, 5.41) is 2.29. The zero-order valence-electron chi connectivity index (χ0n) is 25.1. The second-order valence-electron chi connectivity index (χ2n) is 10.5. The summed E-state index contributed by atoms with van der Waals surface area (Å²) >= 11 is 11.9. The van der Waals surface area contributed by atoms with E-state index in [1.165, 1.54) is 34.2 Å². The van der Waals surface area contributed by atoms with Crippen molar-refractivity contribution in [1.82, 2.24) is 28.5 Å². The van der Waals surface area contributed by atoms with Crippen LogP contribution in [0.1, 0.15) is 11.1 Å². The summed E-state index contributed by atoms with van der Waals surface area (Å²) in [5.74, 6) is 1.83. The van der Waals surface area contributed by atoms with Gasteiger partial charge < -0.3 is 19.3 Å². The largest absolute Gasteiger partial charge is 0.497 e. The van der Waals surface area contributed by atoms with Crippen LogP contribution in [0, 0.1) is 0 Å². The molecule has 236 valence electrons. The number of nitrogens with zero attached hydrogens (tertiary/aromatic N) is 8. The maximum atomic E-state index is 5.79. The number of rotatable bonds is 10. The molecule has 44 heavy (non-hydrogen) atoms. The number of hydrogen-bond donors (Lipinski definition) is 0. The molecule has 2 aromatic heterocycles. The van der Waals surface area contributed by atoms with Crippen molar-refractivity contribution in [1.29, 1.82) is 0 Å². The number of piperazine rings is 2. The molecule has 14 heteroatoms. The van der Waals surface area contributed by atoms with E-state index < -0.39 is 0 Å². The van der Waals surface area contributed by atoms with Gasteiger partial charge in [-0.2, -0.15) is 18.7 Å². The Balaban J connectivity index is 0.000000175. The van der Waals surface area contributed by atoms with Gasteiger partial charge in [0.1, 0.15) is 11.5 Å². The van der Waals surface area contributed by atoms with E-state index in [0.717, 1.165) is 100 Å². The normalized spacial score (nSPS) is 16.0. The standard InChI is InChI=1S/C15H19BrN4OS.C15H19ClN4OS/c2*1-21-13-4-2-12(3-5-13)6-7-19-8-10-20(11-9-19)15-17-14(16)18-22-15/h2*2-5H,6-11H2,1H3. The van der Waals surface area contributed by atoms with E-state index in [0.29, 0.717) is 10.0 Å². The minimum Gasteiger partial charge on any atom is -0.497 e. The van der Waals surface area contributed by atoms with Crippen LogP contribution in [0.5, 0.6) is 11.5 Å². The lowest BCUT2D eigenvalue weighted by Crippen LogP contribution is -2.46. The molecule has 0 atom stereocenters. The Kier molecular flexibility index (Phi) is 12.4. The molecule has 2 fully saturated rings. The summed E-state index contributed by atoms with van der Waals surface area (Å²) in [6, 6.07) is 16.7. The molecule has 2 saturated heterocycles. The van der Waals surface area contributed by atoms with E-state index in [-0.39, 0.29) is 0 Å². The van der Waals surface area contributed by atoms with Crippen molar-refractivity contribution < 1.29 is 9.47 Å². The van der Waals surface area contributed by atoms with Gasteiger partial charge in [-0.25, -0.2) is 0 Å². The third-order valence-electron chi connectivity index (χ3n) is 7.82. The number of benzene rings is 2. The lowest BCUT2D eigenvalue weighted by Gasteiger charge is -2.34. The fourth-order valence-electron chi connectivity index (χ4n) is 5.14. The van der Waals surface area contributed by atoms with E-state index in [1.807, 2.05) is 24.3 Å². The molecular weight excluding hydrogens is 684 g/mol. The molecule has 4 heterocycles. The Labute approximate surface area is 281 Å². The van der Waals surface area contributed by atoms with Gasteiger partial charge in [0.15, 0.2) is 0 Å². The molecule has 0 bridgehead atoms. The van der Waals surface area contributed by atoms with Crippen LogP contribution in [-0.4, -0.2) is 108 Å². The topological polar surface area (TPSA) is 83.0 Å². The lowest BCUT2D eigenvalue weighted by atomic mass is 10.1. The molecule has 10 nitrogen and oxygen atoms in total. The van der Waals surface area contributed by atoms with Gasteiger partial charge in [0, 0.05) is 88.5 Å². The van der Waals surface area contributed by atoms with Gasteiger partial charge in [-0.15, -0.1) is 0 Å². The van der Waals surface area contributed by atoms with Crippen molar-refractivity contribution in [2.24, 2.45) is 0 Å². The van der Waals surface area contributed by atoms with Crippen molar-refractivity contribution in [3.8, 4) is 11.5 Å². The van der Waals surface area contributed by atoms with Crippen LogP contribution >= 0.6 is 50.6 Å². The Morgan fingerprint density at radius 3 is 1.45 bits per heavy atom. The maximum Gasteiger partial charge on any atom is 0.236 e. The summed E-state index contributed by atoms with van der Waals surface area (Å²) in [6.07, 6.45) is 2.14. The van der Waals surface area contributed by atoms with Crippen LogP contribution in [0.25, 0.3) is 0 Å². The zero-order valence-corrected chi connectivity index (χ0v) is 29.0. The van der Waals surface area contributed by atoms with Gasteiger partial charge in [0.25, 0.3) is 0 Å². The number of hydrogen-bond acceptors (Lipinski definition) is 12. The molecule has 0 amide bonds. The molecule has 2 aliphatic heterocycles. The molecule has 2 aromatic carbocycles. The minimum absolute atomic E-state index is 0.349.